The molecule has 0 atom stereocenters. The molecule has 1 aromatic carbocycles. The zero-order chi connectivity index (χ0) is 19.8. The van der Waals surface area contributed by atoms with Crippen LogP contribution in [0.1, 0.15) is 66.1 Å². The summed E-state index contributed by atoms with van der Waals surface area (Å²) in [6.45, 7) is 0.193. The molecule has 4 rings (SSSR count). The highest BCUT2D eigenvalue weighted by molar-refractivity contribution is 6.02. The molecule has 2 heterocycles. The van der Waals surface area contributed by atoms with Gasteiger partial charge in [0.1, 0.15) is 11.9 Å². The second kappa shape index (κ2) is 7.30. The zero-order valence-electron chi connectivity index (χ0n) is 15.5. The van der Waals surface area contributed by atoms with Crippen LogP contribution in [0.5, 0.6) is 0 Å². The minimum absolute atomic E-state index is 0.156. The van der Waals surface area contributed by atoms with Gasteiger partial charge in [-0.15, -0.1) is 0 Å². The van der Waals surface area contributed by atoms with Crippen molar-refractivity contribution in [3.05, 3.63) is 41.1 Å². The van der Waals surface area contributed by atoms with Crippen molar-refractivity contribution in [2.45, 2.75) is 57.2 Å². The van der Waals surface area contributed by atoms with Crippen molar-refractivity contribution < 1.29 is 18.8 Å². The summed E-state index contributed by atoms with van der Waals surface area (Å²) >= 11 is 0. The first-order chi connectivity index (χ1) is 13.4. The molecule has 1 aliphatic heterocycles. The zero-order valence-corrected chi connectivity index (χ0v) is 15.5. The van der Waals surface area contributed by atoms with E-state index in [0.29, 0.717) is 18.4 Å². The third-order valence-electron chi connectivity index (χ3n) is 5.75. The van der Waals surface area contributed by atoms with Gasteiger partial charge in [-0.3, -0.25) is 19.3 Å². The standard InChI is InChI=1S/C21H22FN3O3/c22-14-4-2-13(3-5-14)16-10-18(21(23)28)24-17-9-12(1-6-15(16)17)11-25-19(26)7-8-20(25)27/h1,6,9-10,13-14H,2-5,7-8,11H2,(H2,23,28). The second-order valence-corrected chi connectivity index (χ2v) is 7.64. The van der Waals surface area contributed by atoms with Crippen LogP contribution in [-0.4, -0.2) is 33.8 Å². The van der Waals surface area contributed by atoms with E-state index in [1.54, 1.807) is 12.1 Å². The molecule has 1 saturated carbocycles. The Hall–Kier alpha value is -2.83. The summed E-state index contributed by atoms with van der Waals surface area (Å²) in [6, 6.07) is 7.30. The molecule has 1 saturated heterocycles. The van der Waals surface area contributed by atoms with E-state index in [9.17, 15) is 18.8 Å². The Labute approximate surface area is 161 Å². The van der Waals surface area contributed by atoms with Crippen molar-refractivity contribution in [1.29, 1.82) is 0 Å². The number of rotatable bonds is 4. The van der Waals surface area contributed by atoms with Crippen LogP contribution in [0, 0.1) is 0 Å². The molecule has 0 unspecified atom stereocenters. The third-order valence-corrected chi connectivity index (χ3v) is 5.75. The Morgan fingerprint density at radius 3 is 2.43 bits per heavy atom. The molecule has 3 amide bonds. The molecular formula is C21H22FN3O3. The Balaban J connectivity index is 1.72. The lowest BCUT2D eigenvalue weighted by Crippen LogP contribution is -2.28. The minimum Gasteiger partial charge on any atom is -0.364 e. The summed E-state index contributed by atoms with van der Waals surface area (Å²) in [7, 11) is 0. The summed E-state index contributed by atoms with van der Waals surface area (Å²) in [5.74, 6) is -0.805. The van der Waals surface area contributed by atoms with Crippen LogP contribution in [-0.2, 0) is 16.1 Å². The van der Waals surface area contributed by atoms with Crippen LogP contribution in [0.4, 0.5) is 4.39 Å². The first kappa shape index (κ1) is 18.5. The summed E-state index contributed by atoms with van der Waals surface area (Å²) in [6.07, 6.45) is 2.20. The third kappa shape index (κ3) is 3.48. The van der Waals surface area contributed by atoms with Gasteiger partial charge in [0, 0.05) is 18.2 Å². The van der Waals surface area contributed by atoms with Crippen molar-refractivity contribution in [2.75, 3.05) is 0 Å². The number of hydrogen-bond acceptors (Lipinski definition) is 4. The summed E-state index contributed by atoms with van der Waals surface area (Å²) < 4.78 is 13.6. The highest BCUT2D eigenvalue weighted by Crippen LogP contribution is 2.37. The molecule has 2 aliphatic rings. The van der Waals surface area contributed by atoms with Crippen LogP contribution >= 0.6 is 0 Å². The fourth-order valence-electron chi connectivity index (χ4n) is 4.21. The van der Waals surface area contributed by atoms with Gasteiger partial charge in [0.05, 0.1) is 12.1 Å². The molecular weight excluding hydrogens is 361 g/mol. The van der Waals surface area contributed by atoms with Crippen LogP contribution < -0.4 is 5.73 Å². The van der Waals surface area contributed by atoms with Crippen LogP contribution in [0.25, 0.3) is 10.9 Å². The average molecular weight is 383 g/mol. The fourth-order valence-corrected chi connectivity index (χ4v) is 4.21. The van der Waals surface area contributed by atoms with Gasteiger partial charge in [-0.05, 0) is 54.9 Å². The first-order valence-electron chi connectivity index (χ1n) is 9.63. The van der Waals surface area contributed by atoms with Crippen molar-refractivity contribution >= 4 is 28.6 Å². The predicted molar refractivity (Wildman–Crippen MR) is 101 cm³/mol. The predicted octanol–water partition coefficient (Wildman–Crippen LogP) is 2.98. The number of pyridine rings is 1. The molecule has 7 heteroatoms. The van der Waals surface area contributed by atoms with Gasteiger partial charge in [0.15, 0.2) is 0 Å². The maximum absolute atomic E-state index is 13.6. The Kier molecular flexibility index (Phi) is 4.83. The molecule has 0 spiro atoms. The van der Waals surface area contributed by atoms with Gasteiger partial charge in [0.2, 0.25) is 11.8 Å². The number of primary amides is 1. The lowest BCUT2D eigenvalue weighted by atomic mass is 9.81. The number of alkyl halides is 1. The summed E-state index contributed by atoms with van der Waals surface area (Å²) in [4.78, 5) is 41.2. The molecule has 2 N–H and O–H groups in total. The number of carbonyl (C=O) groups excluding carboxylic acids is 3. The number of amides is 3. The number of aromatic nitrogens is 1. The molecule has 0 bridgehead atoms. The highest BCUT2D eigenvalue weighted by Gasteiger charge is 2.29. The molecule has 2 aromatic rings. The summed E-state index contributed by atoms with van der Waals surface area (Å²) in [5.41, 5.74) is 7.98. The lowest BCUT2D eigenvalue weighted by molar-refractivity contribution is -0.139. The number of halogens is 1. The largest absolute Gasteiger partial charge is 0.364 e. The van der Waals surface area contributed by atoms with Crippen LogP contribution in [0.15, 0.2) is 24.3 Å². The molecule has 6 nitrogen and oxygen atoms in total. The molecule has 146 valence electrons. The van der Waals surface area contributed by atoms with Crippen molar-refractivity contribution in [1.82, 2.24) is 9.88 Å². The monoisotopic (exact) mass is 383 g/mol. The minimum atomic E-state index is -0.762. The molecule has 1 aromatic heterocycles. The van der Waals surface area contributed by atoms with Gasteiger partial charge in [-0.25, -0.2) is 9.37 Å². The van der Waals surface area contributed by atoms with E-state index in [0.717, 1.165) is 29.4 Å². The highest BCUT2D eigenvalue weighted by atomic mass is 19.1. The normalized spacial score (nSPS) is 22.8. The van der Waals surface area contributed by atoms with E-state index < -0.39 is 12.1 Å². The quantitative estimate of drug-likeness (QED) is 0.822. The summed E-state index contributed by atoms with van der Waals surface area (Å²) in [5, 5.41) is 0.898. The second-order valence-electron chi connectivity index (χ2n) is 7.64. The van der Waals surface area contributed by atoms with E-state index in [4.69, 9.17) is 5.73 Å². The van der Waals surface area contributed by atoms with Crippen LogP contribution in [0.3, 0.4) is 0 Å². The van der Waals surface area contributed by atoms with Crippen LogP contribution in [0.2, 0.25) is 0 Å². The van der Waals surface area contributed by atoms with E-state index in [1.165, 1.54) is 4.90 Å². The van der Waals surface area contributed by atoms with Gasteiger partial charge in [-0.2, -0.15) is 0 Å². The lowest BCUT2D eigenvalue weighted by Gasteiger charge is -2.26. The van der Waals surface area contributed by atoms with Gasteiger partial charge in [-0.1, -0.05) is 12.1 Å². The van der Waals surface area contributed by atoms with Gasteiger partial charge < -0.3 is 5.73 Å². The van der Waals surface area contributed by atoms with E-state index in [1.807, 2.05) is 12.1 Å². The number of benzene rings is 1. The van der Waals surface area contributed by atoms with Crippen molar-refractivity contribution in [3.8, 4) is 0 Å². The molecule has 1 aliphatic carbocycles. The van der Waals surface area contributed by atoms with Crippen molar-refractivity contribution in [3.63, 3.8) is 0 Å². The molecule has 2 fully saturated rings. The van der Waals surface area contributed by atoms with Gasteiger partial charge in [0.25, 0.3) is 5.91 Å². The first-order valence-corrected chi connectivity index (χ1v) is 9.63. The number of imide groups is 1. The maximum Gasteiger partial charge on any atom is 0.267 e. The van der Waals surface area contributed by atoms with Crippen molar-refractivity contribution in [2.24, 2.45) is 5.73 Å². The molecule has 28 heavy (non-hydrogen) atoms. The fraction of sp³-hybridized carbons (Fsp3) is 0.429. The number of likely N-dealkylation sites (tertiary alicyclic amines) is 1. The number of nitrogens with zero attached hydrogens (tertiary/aromatic N) is 2. The smallest absolute Gasteiger partial charge is 0.267 e. The molecule has 0 radical (unpaired) electrons. The maximum atomic E-state index is 13.6. The number of fused-ring (bicyclic) bond motifs is 1. The number of hydrogen-bond donors (Lipinski definition) is 1. The Morgan fingerprint density at radius 1 is 1.11 bits per heavy atom. The van der Waals surface area contributed by atoms with Gasteiger partial charge >= 0.3 is 0 Å². The number of carbonyl (C=O) groups is 3. The van der Waals surface area contributed by atoms with E-state index in [-0.39, 0.29) is 42.8 Å². The average Bonchev–Trinajstić information content (AvgIpc) is 2.99. The Morgan fingerprint density at radius 2 is 1.79 bits per heavy atom. The van der Waals surface area contributed by atoms with E-state index in [2.05, 4.69) is 4.98 Å². The Bertz CT molecular complexity index is 951. The topological polar surface area (TPSA) is 93.4 Å². The number of nitrogens with two attached hydrogens (primary N) is 1. The van der Waals surface area contributed by atoms with E-state index >= 15 is 0 Å². The SMILES string of the molecule is NC(=O)c1cc(C2CCC(F)CC2)c2ccc(CN3C(=O)CCC3=O)cc2n1.